The maximum Gasteiger partial charge on any atom is 0.255 e. The number of aromatic nitrogens is 2. The first-order valence-electron chi connectivity index (χ1n) is 9.24. The zero-order valence-electron chi connectivity index (χ0n) is 15.8. The number of rotatable bonds is 6. The number of carbonyl (C=O) groups is 1. The van der Waals surface area contributed by atoms with Gasteiger partial charge >= 0.3 is 0 Å². The van der Waals surface area contributed by atoms with Crippen LogP contribution < -0.4 is 10.1 Å². The van der Waals surface area contributed by atoms with Gasteiger partial charge in [0.1, 0.15) is 10.8 Å². The Bertz CT molecular complexity index is 1110. The standard InChI is InChI=1S/C23H19N3O2S/c1-2-28-19-11-9-16(10-12-19)22(27)25-18-7-5-6-17(14-18)21-15-29-23(26-21)20-8-3-4-13-24-20/h3-15H,2H2,1H3,(H,25,27). The van der Waals surface area contributed by atoms with E-state index in [4.69, 9.17) is 4.74 Å². The van der Waals surface area contributed by atoms with E-state index < -0.39 is 0 Å². The van der Waals surface area contributed by atoms with Crippen LogP contribution in [0.1, 0.15) is 17.3 Å². The molecule has 0 aliphatic carbocycles. The molecule has 4 rings (SSSR count). The summed E-state index contributed by atoms with van der Waals surface area (Å²) < 4.78 is 5.42. The summed E-state index contributed by atoms with van der Waals surface area (Å²) in [4.78, 5) is 21.6. The Morgan fingerprint density at radius 1 is 1.03 bits per heavy atom. The molecule has 0 unspecified atom stereocenters. The molecule has 0 saturated heterocycles. The van der Waals surface area contributed by atoms with Gasteiger partial charge in [-0.25, -0.2) is 4.98 Å². The molecule has 4 aromatic rings. The van der Waals surface area contributed by atoms with Crippen molar-refractivity contribution in [3.8, 4) is 27.7 Å². The van der Waals surface area contributed by atoms with Gasteiger partial charge in [-0.15, -0.1) is 11.3 Å². The van der Waals surface area contributed by atoms with Gasteiger partial charge in [0.2, 0.25) is 0 Å². The van der Waals surface area contributed by atoms with Crippen LogP contribution in [0.4, 0.5) is 5.69 Å². The second-order valence-corrected chi connectivity index (χ2v) is 7.10. The van der Waals surface area contributed by atoms with Gasteiger partial charge in [-0.05, 0) is 55.5 Å². The molecular formula is C23H19N3O2S. The molecule has 0 spiro atoms. The van der Waals surface area contributed by atoms with Gasteiger partial charge in [-0.1, -0.05) is 18.2 Å². The number of benzene rings is 2. The van der Waals surface area contributed by atoms with E-state index in [1.165, 1.54) is 0 Å². The molecule has 2 heterocycles. The van der Waals surface area contributed by atoms with Gasteiger partial charge in [0, 0.05) is 28.4 Å². The molecule has 0 aliphatic rings. The van der Waals surface area contributed by atoms with E-state index in [0.717, 1.165) is 27.7 Å². The number of anilines is 1. The van der Waals surface area contributed by atoms with E-state index in [0.29, 0.717) is 17.9 Å². The van der Waals surface area contributed by atoms with Crippen molar-refractivity contribution in [3.63, 3.8) is 0 Å². The molecule has 29 heavy (non-hydrogen) atoms. The minimum absolute atomic E-state index is 0.169. The summed E-state index contributed by atoms with van der Waals surface area (Å²) in [7, 11) is 0. The number of hydrogen-bond acceptors (Lipinski definition) is 5. The lowest BCUT2D eigenvalue weighted by molar-refractivity contribution is 0.102. The lowest BCUT2D eigenvalue weighted by Gasteiger charge is -2.08. The maximum atomic E-state index is 12.5. The quantitative estimate of drug-likeness (QED) is 0.462. The topological polar surface area (TPSA) is 64.1 Å². The van der Waals surface area contributed by atoms with Gasteiger partial charge in [0.25, 0.3) is 5.91 Å². The third-order valence-corrected chi connectivity index (χ3v) is 5.10. The van der Waals surface area contributed by atoms with Gasteiger partial charge in [-0.2, -0.15) is 0 Å². The highest BCUT2D eigenvalue weighted by molar-refractivity contribution is 7.13. The summed E-state index contributed by atoms with van der Waals surface area (Å²) in [6.45, 7) is 2.52. The van der Waals surface area contributed by atoms with Gasteiger partial charge in [0.05, 0.1) is 18.0 Å². The number of nitrogens with one attached hydrogen (secondary N) is 1. The fraction of sp³-hybridized carbons (Fsp3) is 0.0870. The van der Waals surface area contributed by atoms with Crippen molar-refractivity contribution in [2.24, 2.45) is 0 Å². The number of nitrogens with zero attached hydrogens (tertiary/aromatic N) is 2. The van der Waals surface area contributed by atoms with E-state index in [9.17, 15) is 4.79 Å². The van der Waals surface area contributed by atoms with Crippen LogP contribution in [0.2, 0.25) is 0 Å². The number of amides is 1. The third-order valence-electron chi connectivity index (χ3n) is 4.23. The van der Waals surface area contributed by atoms with Crippen LogP contribution in [0.3, 0.4) is 0 Å². The van der Waals surface area contributed by atoms with Crippen LogP contribution in [0.25, 0.3) is 22.0 Å². The average molecular weight is 401 g/mol. The van der Waals surface area contributed by atoms with Gasteiger partial charge < -0.3 is 10.1 Å². The highest BCUT2D eigenvalue weighted by Gasteiger charge is 2.10. The highest BCUT2D eigenvalue weighted by atomic mass is 32.1. The van der Waals surface area contributed by atoms with Crippen LogP contribution in [0, 0.1) is 0 Å². The number of hydrogen-bond donors (Lipinski definition) is 1. The minimum Gasteiger partial charge on any atom is -0.494 e. The molecule has 2 aromatic carbocycles. The minimum atomic E-state index is -0.169. The maximum absolute atomic E-state index is 12.5. The van der Waals surface area contributed by atoms with Crippen molar-refractivity contribution in [1.29, 1.82) is 0 Å². The normalized spacial score (nSPS) is 10.5. The Balaban J connectivity index is 1.50. The molecule has 0 bridgehead atoms. The van der Waals surface area contributed by atoms with Crippen LogP contribution >= 0.6 is 11.3 Å². The third kappa shape index (κ3) is 4.50. The number of pyridine rings is 1. The van der Waals surface area contributed by atoms with Crippen LogP contribution in [-0.4, -0.2) is 22.5 Å². The van der Waals surface area contributed by atoms with Gasteiger partial charge in [0.15, 0.2) is 0 Å². The zero-order valence-corrected chi connectivity index (χ0v) is 16.6. The highest BCUT2D eigenvalue weighted by Crippen LogP contribution is 2.29. The molecule has 1 amide bonds. The molecule has 0 aliphatic heterocycles. The lowest BCUT2D eigenvalue weighted by Crippen LogP contribution is -2.11. The van der Waals surface area contributed by atoms with E-state index in [1.807, 2.05) is 54.8 Å². The first kappa shape index (κ1) is 18.8. The van der Waals surface area contributed by atoms with E-state index >= 15 is 0 Å². The Labute approximate surface area is 173 Å². The smallest absolute Gasteiger partial charge is 0.255 e. The molecule has 0 radical (unpaired) electrons. The Kier molecular flexibility index (Phi) is 5.63. The fourth-order valence-corrected chi connectivity index (χ4v) is 3.65. The van der Waals surface area contributed by atoms with E-state index in [1.54, 1.807) is 41.8 Å². The van der Waals surface area contributed by atoms with Crippen molar-refractivity contribution in [1.82, 2.24) is 9.97 Å². The molecule has 2 aromatic heterocycles. The summed E-state index contributed by atoms with van der Waals surface area (Å²) in [5, 5.41) is 5.80. The second kappa shape index (κ2) is 8.67. The van der Waals surface area contributed by atoms with Crippen molar-refractivity contribution in [3.05, 3.63) is 83.9 Å². The first-order valence-corrected chi connectivity index (χ1v) is 10.1. The summed E-state index contributed by atoms with van der Waals surface area (Å²) >= 11 is 1.55. The SMILES string of the molecule is CCOc1ccc(C(=O)Nc2cccc(-c3csc(-c4ccccn4)n3)c2)cc1. The van der Waals surface area contributed by atoms with Crippen LogP contribution in [0.5, 0.6) is 5.75 Å². The van der Waals surface area contributed by atoms with Crippen LogP contribution in [0.15, 0.2) is 78.3 Å². The summed E-state index contributed by atoms with van der Waals surface area (Å²) in [5.74, 6) is 0.580. The fourth-order valence-electron chi connectivity index (χ4n) is 2.84. The predicted molar refractivity (Wildman–Crippen MR) is 116 cm³/mol. The Morgan fingerprint density at radius 3 is 2.66 bits per heavy atom. The summed E-state index contributed by atoms with van der Waals surface area (Å²) in [6.07, 6.45) is 1.76. The largest absolute Gasteiger partial charge is 0.494 e. The first-order chi connectivity index (χ1) is 14.2. The lowest BCUT2D eigenvalue weighted by atomic mass is 10.1. The van der Waals surface area contributed by atoms with E-state index in [-0.39, 0.29) is 5.91 Å². The Morgan fingerprint density at radius 2 is 1.90 bits per heavy atom. The molecule has 5 nitrogen and oxygen atoms in total. The monoisotopic (exact) mass is 401 g/mol. The average Bonchev–Trinajstić information content (AvgIpc) is 3.26. The molecule has 6 heteroatoms. The molecule has 0 atom stereocenters. The predicted octanol–water partition coefficient (Wildman–Crippen LogP) is 5.52. The molecule has 0 fully saturated rings. The number of thiazole rings is 1. The van der Waals surface area contributed by atoms with Crippen molar-refractivity contribution in [2.75, 3.05) is 11.9 Å². The molecule has 144 valence electrons. The summed E-state index contributed by atoms with van der Waals surface area (Å²) in [5.41, 5.74) is 3.93. The summed E-state index contributed by atoms with van der Waals surface area (Å²) in [6, 6.07) is 20.5. The molecule has 1 N–H and O–H groups in total. The second-order valence-electron chi connectivity index (χ2n) is 6.25. The Hall–Kier alpha value is -3.51. The molecular weight excluding hydrogens is 382 g/mol. The number of carbonyl (C=O) groups excluding carboxylic acids is 1. The van der Waals surface area contributed by atoms with Crippen molar-refractivity contribution >= 4 is 22.9 Å². The van der Waals surface area contributed by atoms with Crippen molar-refractivity contribution in [2.45, 2.75) is 6.92 Å². The van der Waals surface area contributed by atoms with Crippen molar-refractivity contribution < 1.29 is 9.53 Å². The molecule has 0 saturated carbocycles. The van der Waals surface area contributed by atoms with E-state index in [2.05, 4.69) is 15.3 Å². The van der Waals surface area contributed by atoms with Crippen LogP contribution in [-0.2, 0) is 0 Å². The number of ether oxygens (including phenoxy) is 1. The zero-order chi connectivity index (χ0) is 20.1. The van der Waals surface area contributed by atoms with Gasteiger partial charge in [-0.3, -0.25) is 9.78 Å².